The molecule has 2 N–H and O–H groups in total. The van der Waals surface area contributed by atoms with Crippen molar-refractivity contribution in [1.82, 2.24) is 4.90 Å². The fraction of sp³-hybridized carbons (Fsp3) is 0.647. The molecule has 2 nitrogen and oxygen atoms in total. The topological polar surface area (TPSA) is 29.3 Å². The van der Waals surface area contributed by atoms with Gasteiger partial charge in [-0.1, -0.05) is 23.7 Å². The van der Waals surface area contributed by atoms with Crippen LogP contribution in [0.2, 0.25) is 5.02 Å². The molecule has 0 aliphatic heterocycles. The van der Waals surface area contributed by atoms with Gasteiger partial charge in [-0.25, -0.2) is 0 Å². The number of benzene rings is 1. The summed E-state index contributed by atoms with van der Waals surface area (Å²) in [6, 6.07) is 9.05. The summed E-state index contributed by atoms with van der Waals surface area (Å²) < 4.78 is 0. The average Bonchev–Trinajstić information content (AvgIpc) is 3.02. The number of nitrogens with zero attached hydrogens (tertiary/aromatic N) is 1. The Hall–Kier alpha value is -0.570. The quantitative estimate of drug-likeness (QED) is 0.917. The van der Waals surface area contributed by atoms with Crippen LogP contribution in [0, 0.1) is 17.8 Å². The molecule has 2 fully saturated rings. The molecule has 1 aromatic carbocycles. The fourth-order valence-electron chi connectivity index (χ4n) is 4.21. The largest absolute Gasteiger partial charge is 0.327 e. The molecule has 20 heavy (non-hydrogen) atoms. The van der Waals surface area contributed by atoms with Gasteiger partial charge in [-0.3, -0.25) is 4.90 Å². The van der Waals surface area contributed by atoms with Gasteiger partial charge in [0, 0.05) is 23.7 Å². The van der Waals surface area contributed by atoms with Crippen LogP contribution < -0.4 is 5.73 Å². The van der Waals surface area contributed by atoms with Gasteiger partial charge >= 0.3 is 0 Å². The molecular weight excluding hydrogens is 268 g/mol. The summed E-state index contributed by atoms with van der Waals surface area (Å²) in [5, 5.41) is 0.804. The zero-order valence-corrected chi connectivity index (χ0v) is 13.2. The summed E-state index contributed by atoms with van der Waals surface area (Å²) in [5.74, 6) is 2.35. The van der Waals surface area contributed by atoms with E-state index in [2.05, 4.69) is 31.0 Å². The molecule has 2 saturated carbocycles. The van der Waals surface area contributed by atoms with E-state index in [9.17, 15) is 0 Å². The van der Waals surface area contributed by atoms with E-state index in [1.165, 1.54) is 24.8 Å². The van der Waals surface area contributed by atoms with Crippen molar-refractivity contribution in [3.63, 3.8) is 0 Å². The summed E-state index contributed by atoms with van der Waals surface area (Å²) in [5.41, 5.74) is 7.75. The van der Waals surface area contributed by atoms with Crippen molar-refractivity contribution in [2.45, 2.75) is 38.3 Å². The van der Waals surface area contributed by atoms with E-state index in [0.717, 1.165) is 23.4 Å². The molecule has 0 saturated heterocycles. The third kappa shape index (κ3) is 2.61. The van der Waals surface area contributed by atoms with E-state index >= 15 is 0 Å². The number of fused-ring (bicyclic) bond motifs is 2. The lowest BCUT2D eigenvalue weighted by Gasteiger charge is -2.34. The Bertz CT molecular complexity index is 457. The summed E-state index contributed by atoms with van der Waals surface area (Å²) in [4.78, 5) is 2.45. The van der Waals surface area contributed by atoms with E-state index in [-0.39, 0.29) is 0 Å². The van der Waals surface area contributed by atoms with E-state index in [0.29, 0.717) is 18.0 Å². The molecule has 5 unspecified atom stereocenters. The number of halogens is 1. The zero-order chi connectivity index (χ0) is 14.3. The van der Waals surface area contributed by atoms with Crippen molar-refractivity contribution >= 4 is 11.6 Å². The predicted molar refractivity (Wildman–Crippen MR) is 84.8 cm³/mol. The molecular formula is C17H25ClN2. The Kier molecular flexibility index (Phi) is 4.07. The van der Waals surface area contributed by atoms with Crippen LogP contribution in [0.4, 0.5) is 0 Å². The Morgan fingerprint density at radius 1 is 1.25 bits per heavy atom. The van der Waals surface area contributed by atoms with Gasteiger partial charge in [0.1, 0.15) is 0 Å². The number of nitrogens with two attached hydrogens (primary N) is 1. The van der Waals surface area contributed by atoms with Gasteiger partial charge in [0.15, 0.2) is 0 Å². The van der Waals surface area contributed by atoms with Crippen LogP contribution in [0.5, 0.6) is 0 Å². The van der Waals surface area contributed by atoms with Crippen molar-refractivity contribution < 1.29 is 0 Å². The van der Waals surface area contributed by atoms with E-state index in [4.69, 9.17) is 17.3 Å². The Labute approximate surface area is 127 Å². The van der Waals surface area contributed by atoms with E-state index in [1.54, 1.807) is 0 Å². The number of hydrogen-bond donors (Lipinski definition) is 1. The van der Waals surface area contributed by atoms with E-state index in [1.807, 2.05) is 12.1 Å². The lowest BCUT2D eigenvalue weighted by Crippen LogP contribution is -2.42. The van der Waals surface area contributed by atoms with Crippen LogP contribution in [0.1, 0.15) is 37.8 Å². The minimum atomic E-state index is 0.415. The number of hydrogen-bond acceptors (Lipinski definition) is 2. The van der Waals surface area contributed by atoms with Crippen LogP contribution in [-0.4, -0.2) is 24.5 Å². The van der Waals surface area contributed by atoms with Crippen molar-refractivity contribution in [2.75, 3.05) is 13.6 Å². The first-order chi connectivity index (χ1) is 9.56. The first kappa shape index (κ1) is 14.4. The first-order valence-electron chi connectivity index (χ1n) is 7.77. The lowest BCUT2D eigenvalue weighted by molar-refractivity contribution is 0.167. The van der Waals surface area contributed by atoms with Gasteiger partial charge in [-0.2, -0.15) is 0 Å². The Balaban J connectivity index is 1.64. The minimum absolute atomic E-state index is 0.415. The van der Waals surface area contributed by atoms with Gasteiger partial charge in [0.05, 0.1) is 0 Å². The fourth-order valence-corrected chi connectivity index (χ4v) is 4.34. The second kappa shape index (κ2) is 5.67. The number of rotatable bonds is 4. The molecule has 2 aliphatic rings. The molecule has 0 radical (unpaired) electrons. The summed E-state index contributed by atoms with van der Waals surface area (Å²) in [6.45, 7) is 3.38. The third-order valence-electron chi connectivity index (χ3n) is 5.67. The second-order valence-electron chi connectivity index (χ2n) is 6.74. The standard InChI is InChI=1S/C17H25ClN2/c1-11(12-5-7-15(18)8-6-12)20(2)10-16-13-3-4-14(9-13)17(16)19/h5-8,11,13-14,16-17H,3-4,9-10,19H2,1-2H3. The molecule has 2 bridgehead atoms. The van der Waals surface area contributed by atoms with Gasteiger partial charge in [-0.15, -0.1) is 0 Å². The second-order valence-corrected chi connectivity index (χ2v) is 7.18. The molecule has 110 valence electrons. The van der Waals surface area contributed by atoms with Crippen molar-refractivity contribution in [2.24, 2.45) is 23.5 Å². The average molecular weight is 293 g/mol. The summed E-state index contributed by atoms with van der Waals surface area (Å²) in [6.07, 6.45) is 4.12. The summed E-state index contributed by atoms with van der Waals surface area (Å²) >= 11 is 5.97. The molecule has 0 amide bonds. The lowest BCUT2D eigenvalue weighted by atomic mass is 9.84. The van der Waals surface area contributed by atoms with Crippen LogP contribution in [-0.2, 0) is 0 Å². The van der Waals surface area contributed by atoms with Crippen molar-refractivity contribution in [1.29, 1.82) is 0 Å². The highest BCUT2D eigenvalue weighted by atomic mass is 35.5. The molecule has 3 heteroatoms. The SMILES string of the molecule is CC(c1ccc(Cl)cc1)N(C)CC1C2CCC(C2)C1N. The molecule has 0 spiro atoms. The molecule has 0 heterocycles. The highest BCUT2D eigenvalue weighted by Crippen LogP contribution is 2.48. The van der Waals surface area contributed by atoms with Gasteiger partial charge < -0.3 is 5.73 Å². The predicted octanol–water partition coefficient (Wildman–Crippen LogP) is 3.71. The maximum atomic E-state index is 6.43. The molecule has 5 atom stereocenters. The Morgan fingerprint density at radius 3 is 2.50 bits per heavy atom. The minimum Gasteiger partial charge on any atom is -0.327 e. The normalized spacial score (nSPS) is 33.9. The van der Waals surface area contributed by atoms with Gasteiger partial charge in [-0.05, 0) is 68.7 Å². The maximum Gasteiger partial charge on any atom is 0.0406 e. The zero-order valence-electron chi connectivity index (χ0n) is 12.4. The van der Waals surface area contributed by atoms with Crippen LogP contribution in [0.15, 0.2) is 24.3 Å². The van der Waals surface area contributed by atoms with Crippen molar-refractivity contribution in [3.05, 3.63) is 34.9 Å². The molecule has 0 aromatic heterocycles. The third-order valence-corrected chi connectivity index (χ3v) is 5.92. The summed E-state index contributed by atoms with van der Waals surface area (Å²) in [7, 11) is 2.22. The molecule has 3 rings (SSSR count). The van der Waals surface area contributed by atoms with Crippen molar-refractivity contribution in [3.8, 4) is 0 Å². The maximum absolute atomic E-state index is 6.43. The monoisotopic (exact) mass is 292 g/mol. The van der Waals surface area contributed by atoms with Gasteiger partial charge in [0.2, 0.25) is 0 Å². The molecule has 1 aromatic rings. The first-order valence-corrected chi connectivity index (χ1v) is 8.15. The van der Waals surface area contributed by atoms with E-state index < -0.39 is 0 Å². The highest BCUT2D eigenvalue weighted by Gasteiger charge is 2.45. The Morgan fingerprint density at radius 2 is 1.90 bits per heavy atom. The molecule has 2 aliphatic carbocycles. The van der Waals surface area contributed by atoms with Crippen LogP contribution in [0.3, 0.4) is 0 Å². The highest BCUT2D eigenvalue weighted by molar-refractivity contribution is 6.30. The van der Waals surface area contributed by atoms with Crippen LogP contribution in [0.25, 0.3) is 0 Å². The van der Waals surface area contributed by atoms with Crippen LogP contribution >= 0.6 is 11.6 Å². The van der Waals surface area contributed by atoms with Gasteiger partial charge in [0.25, 0.3) is 0 Å². The smallest absolute Gasteiger partial charge is 0.0406 e.